The number of hydrogen-bond donors (Lipinski definition) is 1. The van der Waals surface area contributed by atoms with E-state index >= 15 is 0 Å². The predicted molar refractivity (Wildman–Crippen MR) is 80.0 cm³/mol. The van der Waals surface area contributed by atoms with Gasteiger partial charge in [0.15, 0.2) is 0 Å². The third-order valence-electron chi connectivity index (χ3n) is 3.57. The Balaban J connectivity index is 2.27. The Kier molecular flexibility index (Phi) is 4.38. The largest absolute Gasteiger partial charge is 0.320 e. The van der Waals surface area contributed by atoms with Gasteiger partial charge >= 0.3 is 0 Å². The zero-order chi connectivity index (χ0) is 13.8. The van der Waals surface area contributed by atoms with Gasteiger partial charge in [-0.1, -0.05) is 17.7 Å². The number of hydrogen-bond acceptors (Lipinski definition) is 2. The fourth-order valence-corrected chi connectivity index (χ4v) is 2.42. The average Bonchev–Trinajstić information content (AvgIpc) is 2.68. The van der Waals surface area contributed by atoms with E-state index in [9.17, 15) is 0 Å². The molecule has 3 heteroatoms. The lowest BCUT2D eigenvalue weighted by Crippen LogP contribution is -2.09. The maximum absolute atomic E-state index is 4.69. The summed E-state index contributed by atoms with van der Waals surface area (Å²) in [6.45, 7) is 7.42. The molecule has 0 amide bonds. The van der Waals surface area contributed by atoms with Gasteiger partial charge in [-0.05, 0) is 64.9 Å². The third kappa shape index (κ3) is 3.04. The van der Waals surface area contributed by atoms with Gasteiger partial charge in [-0.15, -0.1) is 0 Å². The van der Waals surface area contributed by atoms with Crippen molar-refractivity contribution in [3.63, 3.8) is 0 Å². The molecule has 1 aromatic carbocycles. The molecule has 0 aliphatic rings. The van der Waals surface area contributed by atoms with Crippen LogP contribution in [-0.4, -0.2) is 23.4 Å². The van der Waals surface area contributed by atoms with E-state index in [1.807, 2.05) is 7.05 Å². The molecule has 19 heavy (non-hydrogen) atoms. The van der Waals surface area contributed by atoms with Gasteiger partial charge in [0.1, 0.15) is 0 Å². The maximum Gasteiger partial charge on any atom is 0.0649 e. The van der Waals surface area contributed by atoms with E-state index in [2.05, 4.69) is 60.1 Å². The second-order valence-electron chi connectivity index (χ2n) is 5.10. The highest BCUT2D eigenvalue weighted by atomic mass is 15.3. The van der Waals surface area contributed by atoms with Crippen LogP contribution >= 0.6 is 0 Å². The first-order valence-electron chi connectivity index (χ1n) is 6.90. The van der Waals surface area contributed by atoms with E-state index in [4.69, 9.17) is 0 Å². The van der Waals surface area contributed by atoms with Crippen molar-refractivity contribution >= 4 is 0 Å². The van der Waals surface area contributed by atoms with Crippen LogP contribution in [0, 0.1) is 20.8 Å². The molecule has 0 atom stereocenters. The minimum absolute atomic E-state index is 1.05. The molecule has 102 valence electrons. The Morgan fingerprint density at radius 2 is 1.79 bits per heavy atom. The number of nitrogens with one attached hydrogen (secondary N) is 1. The minimum Gasteiger partial charge on any atom is -0.320 e. The normalized spacial score (nSPS) is 10.9. The molecular weight excluding hydrogens is 234 g/mol. The number of benzene rings is 1. The van der Waals surface area contributed by atoms with Gasteiger partial charge in [-0.25, -0.2) is 4.68 Å². The molecule has 0 radical (unpaired) electrons. The molecule has 0 spiro atoms. The van der Waals surface area contributed by atoms with Crippen LogP contribution in [0.25, 0.3) is 5.69 Å². The zero-order valence-electron chi connectivity index (χ0n) is 12.3. The predicted octanol–water partition coefficient (Wildman–Crippen LogP) is 2.95. The second kappa shape index (κ2) is 6.02. The molecule has 0 aliphatic carbocycles. The second-order valence-corrected chi connectivity index (χ2v) is 5.10. The summed E-state index contributed by atoms with van der Waals surface area (Å²) in [4.78, 5) is 0. The highest BCUT2D eigenvalue weighted by Gasteiger charge is 2.12. The van der Waals surface area contributed by atoms with Crippen LogP contribution in [0.5, 0.6) is 0 Å². The fourth-order valence-electron chi connectivity index (χ4n) is 2.42. The van der Waals surface area contributed by atoms with Crippen LogP contribution in [0.3, 0.4) is 0 Å². The Morgan fingerprint density at radius 1 is 1.11 bits per heavy atom. The van der Waals surface area contributed by atoms with Gasteiger partial charge in [-0.3, -0.25) is 0 Å². The first kappa shape index (κ1) is 13.8. The van der Waals surface area contributed by atoms with Crippen molar-refractivity contribution in [3.05, 3.63) is 46.8 Å². The van der Waals surface area contributed by atoms with Gasteiger partial charge in [0.25, 0.3) is 0 Å². The summed E-state index contributed by atoms with van der Waals surface area (Å²) >= 11 is 0. The fraction of sp³-hybridized carbons (Fsp3) is 0.438. The Bertz CT molecular complexity index is 538. The zero-order valence-corrected chi connectivity index (χ0v) is 12.3. The highest BCUT2D eigenvalue weighted by molar-refractivity contribution is 5.38. The molecule has 2 rings (SSSR count). The SMILES string of the molecule is CNCCCc1c(C)nn(-c2ccc(C)cc2)c1C. The van der Waals surface area contributed by atoms with Crippen molar-refractivity contribution in [3.8, 4) is 5.69 Å². The van der Waals surface area contributed by atoms with Crippen LogP contribution < -0.4 is 5.32 Å². The first-order chi connectivity index (χ1) is 9.13. The summed E-state index contributed by atoms with van der Waals surface area (Å²) in [6.07, 6.45) is 2.24. The number of aromatic nitrogens is 2. The van der Waals surface area contributed by atoms with E-state index in [1.165, 1.54) is 16.8 Å². The lowest BCUT2D eigenvalue weighted by atomic mass is 10.1. The molecule has 0 fully saturated rings. The summed E-state index contributed by atoms with van der Waals surface area (Å²) in [5.41, 5.74) is 6.22. The molecular formula is C16H23N3. The van der Waals surface area contributed by atoms with Crippen molar-refractivity contribution in [2.45, 2.75) is 33.6 Å². The minimum atomic E-state index is 1.05. The van der Waals surface area contributed by atoms with E-state index in [0.29, 0.717) is 0 Å². The first-order valence-corrected chi connectivity index (χ1v) is 6.90. The Labute approximate surface area is 115 Å². The highest BCUT2D eigenvalue weighted by Crippen LogP contribution is 2.19. The summed E-state index contributed by atoms with van der Waals surface area (Å²) in [5.74, 6) is 0. The Hall–Kier alpha value is -1.61. The summed E-state index contributed by atoms with van der Waals surface area (Å²) < 4.78 is 2.06. The third-order valence-corrected chi connectivity index (χ3v) is 3.57. The lowest BCUT2D eigenvalue weighted by molar-refractivity contribution is 0.720. The van der Waals surface area contributed by atoms with E-state index in [0.717, 1.165) is 30.8 Å². The van der Waals surface area contributed by atoms with Crippen LogP contribution in [0.2, 0.25) is 0 Å². The smallest absolute Gasteiger partial charge is 0.0649 e. The van der Waals surface area contributed by atoms with Gasteiger partial charge in [0.05, 0.1) is 11.4 Å². The molecule has 2 aromatic rings. The monoisotopic (exact) mass is 257 g/mol. The lowest BCUT2D eigenvalue weighted by Gasteiger charge is -2.06. The van der Waals surface area contributed by atoms with Crippen LogP contribution in [0.1, 0.15) is 28.9 Å². The van der Waals surface area contributed by atoms with E-state index in [1.54, 1.807) is 0 Å². The molecule has 0 saturated heterocycles. The van der Waals surface area contributed by atoms with Crippen molar-refractivity contribution in [2.24, 2.45) is 0 Å². The van der Waals surface area contributed by atoms with Gasteiger partial charge in [0, 0.05) is 5.69 Å². The van der Waals surface area contributed by atoms with E-state index in [-0.39, 0.29) is 0 Å². The molecule has 0 bridgehead atoms. The van der Waals surface area contributed by atoms with Crippen molar-refractivity contribution < 1.29 is 0 Å². The molecule has 0 aliphatic heterocycles. The van der Waals surface area contributed by atoms with Crippen LogP contribution in [0.15, 0.2) is 24.3 Å². The van der Waals surface area contributed by atoms with Gasteiger partial charge in [-0.2, -0.15) is 5.10 Å². The van der Waals surface area contributed by atoms with Crippen LogP contribution in [-0.2, 0) is 6.42 Å². The standard InChI is InChI=1S/C16H23N3/c1-12-7-9-15(10-8-12)19-14(3)16(13(2)18-19)6-5-11-17-4/h7-10,17H,5-6,11H2,1-4H3. The van der Waals surface area contributed by atoms with Crippen molar-refractivity contribution in [2.75, 3.05) is 13.6 Å². The number of rotatable bonds is 5. The van der Waals surface area contributed by atoms with Crippen molar-refractivity contribution in [1.29, 1.82) is 0 Å². The molecule has 0 unspecified atom stereocenters. The Morgan fingerprint density at radius 3 is 2.42 bits per heavy atom. The van der Waals surface area contributed by atoms with Crippen molar-refractivity contribution in [1.82, 2.24) is 15.1 Å². The molecule has 1 heterocycles. The van der Waals surface area contributed by atoms with E-state index < -0.39 is 0 Å². The number of nitrogens with zero attached hydrogens (tertiary/aromatic N) is 2. The molecule has 0 saturated carbocycles. The summed E-state index contributed by atoms with van der Waals surface area (Å²) in [6, 6.07) is 8.53. The summed E-state index contributed by atoms with van der Waals surface area (Å²) in [7, 11) is 2.00. The average molecular weight is 257 g/mol. The molecule has 3 nitrogen and oxygen atoms in total. The number of aryl methyl sites for hydroxylation is 2. The van der Waals surface area contributed by atoms with Gasteiger partial charge in [0.2, 0.25) is 0 Å². The topological polar surface area (TPSA) is 29.9 Å². The van der Waals surface area contributed by atoms with Gasteiger partial charge < -0.3 is 5.32 Å². The van der Waals surface area contributed by atoms with Crippen LogP contribution in [0.4, 0.5) is 0 Å². The molecule has 1 aromatic heterocycles. The maximum atomic E-state index is 4.69. The quantitative estimate of drug-likeness (QED) is 0.835. The molecule has 1 N–H and O–H groups in total. The summed E-state index contributed by atoms with van der Waals surface area (Å²) in [5, 5.41) is 7.88.